The van der Waals surface area contributed by atoms with Crippen molar-refractivity contribution < 1.29 is 9.59 Å². The molecule has 0 radical (unpaired) electrons. The minimum atomic E-state index is -0.349. The van der Waals surface area contributed by atoms with Crippen molar-refractivity contribution in [3.8, 4) is 6.07 Å². The number of nitrogens with one attached hydrogen (secondary N) is 2. The molecule has 1 fully saturated rings. The van der Waals surface area contributed by atoms with Crippen LogP contribution in [0.5, 0.6) is 0 Å². The Hall–Kier alpha value is -2.35. The lowest BCUT2D eigenvalue weighted by Crippen LogP contribution is -2.37. The van der Waals surface area contributed by atoms with E-state index in [0.29, 0.717) is 11.1 Å². The average molecular weight is 243 g/mol. The van der Waals surface area contributed by atoms with E-state index in [1.165, 1.54) is 6.07 Å². The minimum Gasteiger partial charge on any atom is -0.352 e. The quantitative estimate of drug-likeness (QED) is 0.811. The fourth-order valence-corrected chi connectivity index (χ4v) is 1.50. The zero-order valence-corrected chi connectivity index (χ0v) is 9.77. The zero-order valence-electron chi connectivity index (χ0n) is 9.77. The molecule has 1 saturated carbocycles. The number of hydrogen-bond acceptors (Lipinski definition) is 3. The molecule has 0 spiro atoms. The van der Waals surface area contributed by atoms with Gasteiger partial charge in [0.1, 0.15) is 0 Å². The van der Waals surface area contributed by atoms with Crippen molar-refractivity contribution in [3.63, 3.8) is 0 Å². The second kappa shape index (κ2) is 5.32. The van der Waals surface area contributed by atoms with Gasteiger partial charge in [-0.1, -0.05) is 6.07 Å². The SMILES string of the molecule is N#Cc1cccc(C(=O)NCC(=O)NC2CC2)c1. The molecule has 0 unspecified atom stereocenters. The second-order valence-corrected chi connectivity index (χ2v) is 4.22. The standard InChI is InChI=1S/C13H13N3O2/c14-7-9-2-1-3-10(6-9)13(18)15-8-12(17)16-11-4-5-11/h1-3,6,11H,4-5,8H2,(H,15,18)(H,16,17). The van der Waals surface area contributed by atoms with Crippen LogP contribution >= 0.6 is 0 Å². The van der Waals surface area contributed by atoms with Crippen LogP contribution in [0.3, 0.4) is 0 Å². The van der Waals surface area contributed by atoms with Crippen LogP contribution in [0.25, 0.3) is 0 Å². The zero-order chi connectivity index (χ0) is 13.0. The molecule has 5 nitrogen and oxygen atoms in total. The molecule has 0 aliphatic heterocycles. The Kier molecular flexibility index (Phi) is 3.58. The van der Waals surface area contributed by atoms with Crippen molar-refractivity contribution in [3.05, 3.63) is 35.4 Å². The number of hydrogen-bond donors (Lipinski definition) is 2. The van der Waals surface area contributed by atoms with Gasteiger partial charge in [0.05, 0.1) is 18.2 Å². The summed E-state index contributed by atoms with van der Waals surface area (Å²) in [6, 6.07) is 8.61. The van der Waals surface area contributed by atoms with E-state index in [9.17, 15) is 9.59 Å². The molecule has 2 rings (SSSR count). The Bertz CT molecular complexity index is 515. The number of amides is 2. The first kappa shape index (κ1) is 12.1. The normalized spacial score (nSPS) is 13.5. The Morgan fingerprint density at radius 1 is 1.39 bits per heavy atom. The van der Waals surface area contributed by atoms with Crippen molar-refractivity contribution in [2.75, 3.05) is 6.54 Å². The Morgan fingerprint density at radius 2 is 2.17 bits per heavy atom. The summed E-state index contributed by atoms with van der Waals surface area (Å²) in [5.74, 6) is -0.527. The highest BCUT2D eigenvalue weighted by atomic mass is 16.2. The van der Waals surface area contributed by atoms with Gasteiger partial charge in [-0.25, -0.2) is 0 Å². The number of benzene rings is 1. The van der Waals surface area contributed by atoms with Crippen LogP contribution in [0.2, 0.25) is 0 Å². The fourth-order valence-electron chi connectivity index (χ4n) is 1.50. The predicted octanol–water partition coefficient (Wildman–Crippen LogP) is 0.567. The largest absolute Gasteiger partial charge is 0.352 e. The summed E-state index contributed by atoms with van der Waals surface area (Å²) in [4.78, 5) is 23.1. The van der Waals surface area contributed by atoms with Gasteiger partial charge in [-0.15, -0.1) is 0 Å². The Morgan fingerprint density at radius 3 is 2.83 bits per heavy atom. The van der Waals surface area contributed by atoms with Crippen LogP contribution < -0.4 is 10.6 Å². The molecule has 1 aromatic rings. The van der Waals surface area contributed by atoms with E-state index in [-0.39, 0.29) is 24.4 Å². The Labute approximate surface area is 105 Å². The van der Waals surface area contributed by atoms with Crippen LogP contribution in [0.1, 0.15) is 28.8 Å². The summed E-state index contributed by atoms with van der Waals surface area (Å²) in [5.41, 5.74) is 0.804. The molecule has 92 valence electrons. The molecule has 1 aliphatic rings. The Balaban J connectivity index is 1.86. The predicted molar refractivity (Wildman–Crippen MR) is 64.7 cm³/mol. The second-order valence-electron chi connectivity index (χ2n) is 4.22. The van der Waals surface area contributed by atoms with Crippen LogP contribution in [0, 0.1) is 11.3 Å². The molecule has 0 aromatic heterocycles. The van der Waals surface area contributed by atoms with Crippen molar-refractivity contribution in [1.82, 2.24) is 10.6 Å². The smallest absolute Gasteiger partial charge is 0.251 e. The van der Waals surface area contributed by atoms with Crippen LogP contribution in [0.4, 0.5) is 0 Å². The maximum atomic E-state index is 11.7. The molecule has 0 saturated heterocycles. The van der Waals surface area contributed by atoms with Gasteiger partial charge in [0.2, 0.25) is 5.91 Å². The lowest BCUT2D eigenvalue weighted by Gasteiger charge is -2.06. The lowest BCUT2D eigenvalue weighted by atomic mass is 10.1. The third kappa shape index (κ3) is 3.32. The maximum absolute atomic E-state index is 11.7. The lowest BCUT2D eigenvalue weighted by molar-refractivity contribution is -0.120. The van der Waals surface area contributed by atoms with E-state index < -0.39 is 0 Å². The van der Waals surface area contributed by atoms with E-state index in [4.69, 9.17) is 5.26 Å². The number of rotatable bonds is 4. The highest BCUT2D eigenvalue weighted by Gasteiger charge is 2.23. The van der Waals surface area contributed by atoms with Gasteiger partial charge in [-0.05, 0) is 31.0 Å². The highest BCUT2D eigenvalue weighted by molar-refractivity contribution is 5.96. The molecular formula is C13H13N3O2. The van der Waals surface area contributed by atoms with Crippen molar-refractivity contribution >= 4 is 11.8 Å². The van der Waals surface area contributed by atoms with Crippen molar-refractivity contribution in [1.29, 1.82) is 5.26 Å². The van der Waals surface area contributed by atoms with Gasteiger partial charge in [0, 0.05) is 11.6 Å². The molecule has 2 amide bonds. The molecule has 5 heteroatoms. The third-order valence-electron chi connectivity index (χ3n) is 2.61. The first-order valence-electron chi connectivity index (χ1n) is 5.77. The molecule has 2 N–H and O–H groups in total. The van der Waals surface area contributed by atoms with E-state index in [1.807, 2.05) is 6.07 Å². The van der Waals surface area contributed by atoms with Crippen molar-refractivity contribution in [2.24, 2.45) is 0 Å². The average Bonchev–Trinajstić information content (AvgIpc) is 3.20. The molecular weight excluding hydrogens is 230 g/mol. The van der Waals surface area contributed by atoms with Crippen LogP contribution in [-0.2, 0) is 4.79 Å². The number of nitrogens with zero attached hydrogens (tertiary/aromatic N) is 1. The first-order valence-corrected chi connectivity index (χ1v) is 5.77. The van der Waals surface area contributed by atoms with Gasteiger partial charge >= 0.3 is 0 Å². The maximum Gasteiger partial charge on any atom is 0.251 e. The molecule has 0 heterocycles. The van der Waals surface area contributed by atoms with Gasteiger partial charge < -0.3 is 10.6 Å². The molecule has 18 heavy (non-hydrogen) atoms. The van der Waals surface area contributed by atoms with E-state index >= 15 is 0 Å². The van der Waals surface area contributed by atoms with Gasteiger partial charge in [0.25, 0.3) is 5.91 Å². The summed E-state index contributed by atoms with van der Waals surface area (Å²) >= 11 is 0. The minimum absolute atomic E-state index is 0.0356. The first-order chi connectivity index (χ1) is 8.69. The third-order valence-corrected chi connectivity index (χ3v) is 2.61. The van der Waals surface area contributed by atoms with Crippen molar-refractivity contribution in [2.45, 2.75) is 18.9 Å². The molecule has 1 aromatic carbocycles. The van der Waals surface area contributed by atoms with Gasteiger partial charge in [0.15, 0.2) is 0 Å². The summed E-state index contributed by atoms with van der Waals surface area (Å²) < 4.78 is 0. The summed E-state index contributed by atoms with van der Waals surface area (Å²) in [6.07, 6.45) is 2.04. The number of carbonyl (C=O) groups excluding carboxylic acids is 2. The fraction of sp³-hybridized carbons (Fsp3) is 0.308. The summed E-state index contributed by atoms with van der Waals surface area (Å²) in [6.45, 7) is -0.0356. The monoisotopic (exact) mass is 243 g/mol. The number of carbonyl (C=O) groups is 2. The molecule has 1 aliphatic carbocycles. The van der Waals surface area contributed by atoms with E-state index in [0.717, 1.165) is 12.8 Å². The molecule has 0 atom stereocenters. The van der Waals surface area contributed by atoms with Crippen LogP contribution in [0.15, 0.2) is 24.3 Å². The van der Waals surface area contributed by atoms with Gasteiger partial charge in [-0.2, -0.15) is 5.26 Å². The van der Waals surface area contributed by atoms with E-state index in [1.54, 1.807) is 18.2 Å². The van der Waals surface area contributed by atoms with E-state index in [2.05, 4.69) is 10.6 Å². The molecule has 0 bridgehead atoms. The topological polar surface area (TPSA) is 82.0 Å². The summed E-state index contributed by atoms with van der Waals surface area (Å²) in [7, 11) is 0. The summed E-state index contributed by atoms with van der Waals surface area (Å²) in [5, 5.41) is 14.0. The van der Waals surface area contributed by atoms with Gasteiger partial charge in [-0.3, -0.25) is 9.59 Å². The highest BCUT2D eigenvalue weighted by Crippen LogP contribution is 2.18. The number of nitriles is 1. The van der Waals surface area contributed by atoms with Crippen LogP contribution in [-0.4, -0.2) is 24.4 Å².